The number of carbonyl (C=O) groups excluding carboxylic acids is 1. The van der Waals surface area contributed by atoms with Gasteiger partial charge in [-0.1, -0.05) is 6.08 Å². The zero-order valence-electron chi connectivity index (χ0n) is 17.6. The first-order valence-electron chi connectivity index (χ1n) is 10.9. The average Bonchev–Trinajstić information content (AvgIpc) is 3.36. The smallest absolute Gasteiger partial charge is 0.261 e. The van der Waals surface area contributed by atoms with Gasteiger partial charge in [0.15, 0.2) is 10.8 Å². The summed E-state index contributed by atoms with van der Waals surface area (Å²) in [6.45, 7) is 8.49. The molecule has 1 fully saturated rings. The number of aromatic nitrogens is 4. The normalized spacial score (nSPS) is 16.1. The zero-order valence-corrected chi connectivity index (χ0v) is 18.4. The fourth-order valence-electron chi connectivity index (χ4n) is 4.16. The number of hydrogen-bond donors (Lipinski definition) is 0. The maximum Gasteiger partial charge on any atom is 0.261 e. The minimum atomic E-state index is -0.0430. The number of carbonyl (C=O) groups is 1. The van der Waals surface area contributed by atoms with Gasteiger partial charge in [0.05, 0.1) is 22.8 Å². The molecule has 7 heteroatoms. The first kappa shape index (κ1) is 19.4. The third kappa shape index (κ3) is 3.35. The Morgan fingerprint density at radius 3 is 2.83 bits per heavy atom. The molecule has 3 heterocycles. The Labute approximate surface area is 180 Å². The van der Waals surface area contributed by atoms with E-state index in [4.69, 9.17) is 9.97 Å². The topological polar surface area (TPSA) is 63.9 Å². The molecule has 0 saturated heterocycles. The number of pyridine rings is 1. The zero-order chi connectivity index (χ0) is 20.8. The van der Waals surface area contributed by atoms with Crippen LogP contribution >= 0.6 is 11.3 Å². The maximum absolute atomic E-state index is 13.8. The number of aryl methyl sites for hydroxylation is 2. The van der Waals surface area contributed by atoms with Crippen molar-refractivity contribution in [1.82, 2.24) is 19.7 Å². The number of hydrogen-bond acceptors (Lipinski definition) is 5. The standard InChI is InChI=1S/C23H27N5OS/c1-4-11-27(23-26-18-7-5-6-8-20(18)30-23)22(29)16-12-19(15-9-10-15)25-21-17(16)13-24-28(21)14(2)3/h4,12-15H,1,5-11H2,2-3H3. The van der Waals surface area contributed by atoms with E-state index in [-0.39, 0.29) is 11.9 Å². The van der Waals surface area contributed by atoms with Crippen molar-refractivity contribution in [2.75, 3.05) is 11.4 Å². The first-order chi connectivity index (χ1) is 14.6. The molecule has 2 aliphatic carbocycles. The summed E-state index contributed by atoms with van der Waals surface area (Å²) in [5.41, 5.74) is 3.64. The molecule has 3 aromatic rings. The Balaban J connectivity index is 1.61. The maximum atomic E-state index is 13.8. The van der Waals surface area contributed by atoms with E-state index >= 15 is 0 Å². The minimum absolute atomic E-state index is 0.0430. The van der Waals surface area contributed by atoms with Crippen LogP contribution in [-0.2, 0) is 12.8 Å². The van der Waals surface area contributed by atoms with Crippen molar-refractivity contribution in [3.63, 3.8) is 0 Å². The van der Waals surface area contributed by atoms with Crippen LogP contribution in [0, 0.1) is 0 Å². The molecule has 2 aliphatic rings. The SMILES string of the molecule is C=CCN(C(=O)c1cc(C2CC2)nc2c1cnn2C(C)C)c1nc2c(s1)CCCC2. The highest BCUT2D eigenvalue weighted by atomic mass is 32.1. The molecule has 1 saturated carbocycles. The van der Waals surface area contributed by atoms with E-state index in [1.807, 2.05) is 10.7 Å². The molecule has 1 amide bonds. The third-order valence-electron chi connectivity index (χ3n) is 5.92. The van der Waals surface area contributed by atoms with Crippen molar-refractivity contribution >= 4 is 33.4 Å². The van der Waals surface area contributed by atoms with Crippen molar-refractivity contribution in [1.29, 1.82) is 0 Å². The molecule has 6 nitrogen and oxygen atoms in total. The predicted octanol–water partition coefficient (Wildman–Crippen LogP) is 5.06. The van der Waals surface area contributed by atoms with E-state index in [1.165, 1.54) is 17.7 Å². The monoisotopic (exact) mass is 421 g/mol. The Kier molecular flexibility index (Phi) is 4.93. The van der Waals surface area contributed by atoms with Crippen molar-refractivity contribution in [3.05, 3.63) is 46.7 Å². The first-order valence-corrected chi connectivity index (χ1v) is 11.7. The summed E-state index contributed by atoms with van der Waals surface area (Å²) >= 11 is 1.65. The van der Waals surface area contributed by atoms with Gasteiger partial charge in [-0.05, 0) is 58.4 Å². The Morgan fingerprint density at radius 1 is 1.33 bits per heavy atom. The predicted molar refractivity (Wildman–Crippen MR) is 121 cm³/mol. The highest BCUT2D eigenvalue weighted by Crippen LogP contribution is 2.41. The van der Waals surface area contributed by atoms with Gasteiger partial charge >= 0.3 is 0 Å². The largest absolute Gasteiger partial charge is 0.280 e. The lowest BCUT2D eigenvalue weighted by Gasteiger charge is -2.19. The van der Waals surface area contributed by atoms with Gasteiger partial charge in [-0.25, -0.2) is 14.6 Å². The third-order valence-corrected chi connectivity index (χ3v) is 7.10. The Morgan fingerprint density at radius 2 is 2.13 bits per heavy atom. The second kappa shape index (κ2) is 7.61. The number of anilines is 1. The molecule has 0 aromatic carbocycles. The lowest BCUT2D eigenvalue weighted by molar-refractivity contribution is 0.0991. The molecule has 0 bridgehead atoms. The Bertz CT molecular complexity index is 1100. The molecule has 5 rings (SSSR count). The second-order valence-corrected chi connectivity index (χ2v) is 9.63. The van der Waals surface area contributed by atoms with Crippen LogP contribution in [0.5, 0.6) is 0 Å². The quantitative estimate of drug-likeness (QED) is 0.522. The van der Waals surface area contributed by atoms with Crippen LogP contribution < -0.4 is 4.90 Å². The highest BCUT2D eigenvalue weighted by Gasteiger charge is 2.30. The second-order valence-electron chi connectivity index (χ2n) is 8.57. The van der Waals surface area contributed by atoms with Crippen LogP contribution in [0.4, 0.5) is 5.13 Å². The molecule has 0 N–H and O–H groups in total. The van der Waals surface area contributed by atoms with Gasteiger partial charge in [0, 0.05) is 29.1 Å². The molecule has 0 unspecified atom stereocenters. The van der Waals surface area contributed by atoms with Gasteiger partial charge in [-0.2, -0.15) is 5.10 Å². The van der Waals surface area contributed by atoms with E-state index in [2.05, 4.69) is 25.5 Å². The van der Waals surface area contributed by atoms with Crippen LogP contribution in [0.25, 0.3) is 11.0 Å². The van der Waals surface area contributed by atoms with Crippen LogP contribution in [0.15, 0.2) is 24.9 Å². The average molecular weight is 422 g/mol. The van der Waals surface area contributed by atoms with E-state index < -0.39 is 0 Å². The molecule has 156 valence electrons. The van der Waals surface area contributed by atoms with Crippen LogP contribution in [0.1, 0.15) is 78.1 Å². The van der Waals surface area contributed by atoms with E-state index in [1.54, 1.807) is 28.5 Å². The summed E-state index contributed by atoms with van der Waals surface area (Å²) < 4.78 is 1.91. The molecule has 0 radical (unpaired) electrons. The summed E-state index contributed by atoms with van der Waals surface area (Å²) in [4.78, 5) is 26.6. The number of fused-ring (bicyclic) bond motifs is 2. The number of thiazole rings is 1. The number of nitrogens with zero attached hydrogens (tertiary/aromatic N) is 5. The van der Waals surface area contributed by atoms with Gasteiger partial charge < -0.3 is 0 Å². The minimum Gasteiger partial charge on any atom is -0.280 e. The van der Waals surface area contributed by atoms with Gasteiger partial charge in [0.2, 0.25) is 0 Å². The van der Waals surface area contributed by atoms with Crippen molar-refractivity contribution in [2.24, 2.45) is 0 Å². The van der Waals surface area contributed by atoms with Crippen molar-refractivity contribution < 1.29 is 4.79 Å². The van der Waals surface area contributed by atoms with Crippen molar-refractivity contribution in [3.8, 4) is 0 Å². The molecule has 0 aliphatic heterocycles. The van der Waals surface area contributed by atoms with Crippen LogP contribution in [0.2, 0.25) is 0 Å². The van der Waals surface area contributed by atoms with Gasteiger partial charge in [0.25, 0.3) is 5.91 Å². The van der Waals surface area contributed by atoms with E-state index in [0.29, 0.717) is 18.0 Å². The van der Waals surface area contributed by atoms with Crippen molar-refractivity contribution in [2.45, 2.75) is 64.3 Å². The molecular formula is C23H27N5OS. The van der Waals surface area contributed by atoms with E-state index in [9.17, 15) is 4.79 Å². The number of rotatable bonds is 6. The van der Waals surface area contributed by atoms with Crippen LogP contribution in [0.3, 0.4) is 0 Å². The lowest BCUT2D eigenvalue weighted by Crippen LogP contribution is -2.31. The molecular weight excluding hydrogens is 394 g/mol. The van der Waals surface area contributed by atoms with Gasteiger partial charge in [0.1, 0.15) is 0 Å². The van der Waals surface area contributed by atoms with Gasteiger partial charge in [-0.3, -0.25) is 9.69 Å². The highest BCUT2D eigenvalue weighted by molar-refractivity contribution is 7.16. The van der Waals surface area contributed by atoms with Crippen LogP contribution in [-0.4, -0.2) is 32.2 Å². The number of amides is 1. The summed E-state index contributed by atoms with van der Waals surface area (Å²) in [5.74, 6) is 0.412. The summed E-state index contributed by atoms with van der Waals surface area (Å²) in [6.07, 6.45) is 10.3. The fourth-order valence-corrected chi connectivity index (χ4v) is 5.31. The fraction of sp³-hybridized carbons (Fsp3) is 0.478. The molecule has 3 aromatic heterocycles. The molecule has 30 heavy (non-hydrogen) atoms. The molecule has 0 spiro atoms. The molecule has 0 atom stereocenters. The summed E-state index contributed by atoms with van der Waals surface area (Å²) in [7, 11) is 0. The van der Waals surface area contributed by atoms with E-state index in [0.717, 1.165) is 53.2 Å². The lowest BCUT2D eigenvalue weighted by atomic mass is 10.0. The Hall–Kier alpha value is -2.54. The van der Waals surface area contributed by atoms with Gasteiger partial charge in [-0.15, -0.1) is 17.9 Å². The summed E-state index contributed by atoms with van der Waals surface area (Å²) in [5, 5.41) is 6.13. The summed E-state index contributed by atoms with van der Waals surface area (Å²) in [6, 6.07) is 2.17.